The Labute approximate surface area is 142 Å². The summed E-state index contributed by atoms with van der Waals surface area (Å²) in [7, 11) is -3.12. The lowest BCUT2D eigenvalue weighted by Crippen LogP contribution is -2.49. The number of sulfonamides is 1. The minimum Gasteiger partial charge on any atom is -0.354 e. The van der Waals surface area contributed by atoms with Gasteiger partial charge in [-0.2, -0.15) is 9.40 Å². The zero-order valence-corrected chi connectivity index (χ0v) is 15.0. The summed E-state index contributed by atoms with van der Waals surface area (Å²) >= 11 is 0. The van der Waals surface area contributed by atoms with Crippen LogP contribution in [-0.4, -0.2) is 64.4 Å². The van der Waals surface area contributed by atoms with Crippen LogP contribution >= 0.6 is 0 Å². The van der Waals surface area contributed by atoms with E-state index in [2.05, 4.69) is 20.0 Å². The molecule has 0 atom stereocenters. The lowest BCUT2D eigenvalue weighted by molar-refractivity contribution is 0.384. The van der Waals surface area contributed by atoms with E-state index < -0.39 is 10.0 Å². The molecule has 0 saturated carbocycles. The van der Waals surface area contributed by atoms with E-state index in [0.717, 1.165) is 17.2 Å². The predicted molar refractivity (Wildman–Crippen MR) is 91.9 cm³/mol. The highest BCUT2D eigenvalue weighted by atomic mass is 32.2. The first kappa shape index (κ1) is 16.8. The number of anilines is 1. The number of rotatable bonds is 4. The van der Waals surface area contributed by atoms with Gasteiger partial charge in [0.25, 0.3) is 0 Å². The van der Waals surface area contributed by atoms with E-state index in [9.17, 15) is 8.42 Å². The van der Waals surface area contributed by atoms with Crippen LogP contribution in [0.3, 0.4) is 0 Å². The van der Waals surface area contributed by atoms with Gasteiger partial charge in [-0.1, -0.05) is 0 Å². The number of hydrogen-bond acceptors (Lipinski definition) is 6. The quantitative estimate of drug-likeness (QED) is 0.809. The minimum atomic E-state index is -3.12. The van der Waals surface area contributed by atoms with Gasteiger partial charge < -0.3 is 4.90 Å². The van der Waals surface area contributed by atoms with Gasteiger partial charge >= 0.3 is 0 Å². The van der Waals surface area contributed by atoms with Crippen LogP contribution in [0.25, 0.3) is 5.82 Å². The molecule has 0 unspecified atom stereocenters. The first-order valence-corrected chi connectivity index (χ1v) is 9.60. The molecule has 0 N–H and O–H groups in total. The number of hydrogen-bond donors (Lipinski definition) is 0. The molecule has 9 heteroatoms. The Balaban J connectivity index is 1.78. The molecule has 0 bridgehead atoms. The van der Waals surface area contributed by atoms with Crippen molar-refractivity contribution in [1.29, 1.82) is 0 Å². The molecule has 1 saturated heterocycles. The topological polar surface area (TPSA) is 84.2 Å². The molecule has 0 aromatic carbocycles. The first-order chi connectivity index (χ1) is 11.4. The van der Waals surface area contributed by atoms with Crippen molar-refractivity contribution in [3.63, 3.8) is 0 Å². The highest BCUT2D eigenvalue weighted by Gasteiger charge is 2.26. The van der Waals surface area contributed by atoms with E-state index in [0.29, 0.717) is 32.0 Å². The lowest BCUT2D eigenvalue weighted by atomic mass is 10.3. The first-order valence-electron chi connectivity index (χ1n) is 7.99. The molecule has 1 fully saturated rings. The van der Waals surface area contributed by atoms with Gasteiger partial charge in [-0.25, -0.2) is 23.1 Å². The molecular weight excluding hydrogens is 328 g/mol. The van der Waals surface area contributed by atoms with Crippen molar-refractivity contribution in [1.82, 2.24) is 24.1 Å². The fraction of sp³-hybridized carbons (Fsp3) is 0.533. The summed E-state index contributed by atoms with van der Waals surface area (Å²) in [6.07, 6.45) is 1.52. The van der Waals surface area contributed by atoms with E-state index >= 15 is 0 Å². The second-order valence-corrected chi connectivity index (χ2v) is 8.12. The van der Waals surface area contributed by atoms with Crippen LogP contribution < -0.4 is 4.90 Å². The van der Waals surface area contributed by atoms with E-state index in [1.165, 1.54) is 6.33 Å². The highest BCUT2D eigenvalue weighted by molar-refractivity contribution is 7.89. The third kappa shape index (κ3) is 3.27. The van der Waals surface area contributed by atoms with Gasteiger partial charge in [-0.3, -0.25) is 0 Å². The van der Waals surface area contributed by atoms with Gasteiger partial charge in [0.05, 0.1) is 11.4 Å². The molecule has 1 aliphatic rings. The Morgan fingerprint density at radius 1 is 1.04 bits per heavy atom. The molecule has 8 nitrogen and oxygen atoms in total. The maximum Gasteiger partial charge on any atom is 0.213 e. The molecule has 0 spiro atoms. The van der Waals surface area contributed by atoms with Gasteiger partial charge in [-0.05, 0) is 26.8 Å². The van der Waals surface area contributed by atoms with Crippen LogP contribution in [0.5, 0.6) is 0 Å². The molecule has 0 radical (unpaired) electrons. The van der Waals surface area contributed by atoms with Crippen molar-refractivity contribution in [2.45, 2.75) is 20.8 Å². The van der Waals surface area contributed by atoms with Crippen LogP contribution in [0.1, 0.15) is 18.3 Å². The Morgan fingerprint density at radius 3 is 2.29 bits per heavy atom. The number of aromatic nitrogens is 4. The standard InChI is InChI=1S/C15H22N6O2S/c1-4-24(22,23)20-7-5-19(6-8-20)14-10-15(17-11-16-14)21-13(3)9-12(2)18-21/h9-11H,4-8H2,1-3H3. The smallest absolute Gasteiger partial charge is 0.213 e. The Bertz CT molecular complexity index is 824. The average molecular weight is 350 g/mol. The van der Waals surface area contributed by atoms with E-state index in [1.54, 1.807) is 15.9 Å². The van der Waals surface area contributed by atoms with E-state index in [4.69, 9.17) is 0 Å². The monoisotopic (exact) mass is 350 g/mol. The maximum absolute atomic E-state index is 11.9. The molecular formula is C15H22N6O2S. The second-order valence-electron chi connectivity index (χ2n) is 5.86. The summed E-state index contributed by atoms with van der Waals surface area (Å²) in [5, 5.41) is 4.44. The molecule has 1 aliphatic heterocycles. The number of nitrogens with zero attached hydrogens (tertiary/aromatic N) is 6. The second kappa shape index (κ2) is 6.48. The molecule has 3 rings (SSSR count). The van der Waals surface area contributed by atoms with Crippen LogP contribution in [0.2, 0.25) is 0 Å². The van der Waals surface area contributed by atoms with Crippen molar-refractivity contribution < 1.29 is 8.42 Å². The van der Waals surface area contributed by atoms with Crippen molar-refractivity contribution in [2.75, 3.05) is 36.8 Å². The van der Waals surface area contributed by atoms with Crippen molar-refractivity contribution in [3.05, 3.63) is 29.8 Å². The van der Waals surface area contributed by atoms with Gasteiger partial charge in [0.15, 0.2) is 5.82 Å². The molecule has 24 heavy (non-hydrogen) atoms. The highest BCUT2D eigenvalue weighted by Crippen LogP contribution is 2.18. The zero-order chi connectivity index (χ0) is 17.3. The zero-order valence-electron chi connectivity index (χ0n) is 14.2. The summed E-state index contributed by atoms with van der Waals surface area (Å²) in [5.74, 6) is 1.65. The van der Waals surface area contributed by atoms with E-state index in [1.807, 2.05) is 26.0 Å². The number of piperazine rings is 1. The maximum atomic E-state index is 11.9. The Hall–Kier alpha value is -2.00. The summed E-state index contributed by atoms with van der Waals surface area (Å²) in [6, 6.07) is 3.89. The average Bonchev–Trinajstić information content (AvgIpc) is 2.93. The van der Waals surface area contributed by atoms with Gasteiger partial charge in [0.1, 0.15) is 12.1 Å². The summed E-state index contributed by atoms with van der Waals surface area (Å²) in [5.41, 5.74) is 1.95. The molecule has 2 aromatic heterocycles. The third-order valence-corrected chi connectivity index (χ3v) is 6.07. The molecule has 0 aliphatic carbocycles. The largest absolute Gasteiger partial charge is 0.354 e. The minimum absolute atomic E-state index is 0.141. The molecule has 2 aromatic rings. The van der Waals surface area contributed by atoms with Crippen LogP contribution in [0.4, 0.5) is 5.82 Å². The SMILES string of the molecule is CCS(=O)(=O)N1CCN(c2cc(-n3nc(C)cc3C)ncn2)CC1. The Morgan fingerprint density at radius 2 is 1.71 bits per heavy atom. The summed E-state index contributed by atoms with van der Waals surface area (Å²) < 4.78 is 27.2. The van der Waals surface area contributed by atoms with Crippen molar-refractivity contribution in [2.24, 2.45) is 0 Å². The van der Waals surface area contributed by atoms with Gasteiger partial charge in [0, 0.05) is 37.9 Å². The van der Waals surface area contributed by atoms with Gasteiger partial charge in [0.2, 0.25) is 10.0 Å². The fourth-order valence-corrected chi connectivity index (χ4v) is 3.95. The van der Waals surface area contributed by atoms with Crippen molar-refractivity contribution in [3.8, 4) is 5.82 Å². The summed E-state index contributed by atoms with van der Waals surface area (Å²) in [4.78, 5) is 10.7. The van der Waals surface area contributed by atoms with Crippen molar-refractivity contribution >= 4 is 15.8 Å². The third-order valence-electron chi connectivity index (χ3n) is 4.19. The predicted octanol–water partition coefficient (Wildman–Crippen LogP) is 0.751. The molecule has 130 valence electrons. The molecule has 0 amide bonds. The molecule has 3 heterocycles. The summed E-state index contributed by atoms with van der Waals surface area (Å²) in [6.45, 7) is 7.80. The normalized spacial score (nSPS) is 16.5. The van der Waals surface area contributed by atoms with Crippen LogP contribution in [0.15, 0.2) is 18.5 Å². The van der Waals surface area contributed by atoms with Crippen LogP contribution in [0, 0.1) is 13.8 Å². The Kier molecular flexibility index (Phi) is 4.55. The van der Waals surface area contributed by atoms with Gasteiger partial charge in [-0.15, -0.1) is 0 Å². The lowest BCUT2D eigenvalue weighted by Gasteiger charge is -2.34. The fourth-order valence-electron chi connectivity index (χ4n) is 2.86. The van der Waals surface area contributed by atoms with E-state index in [-0.39, 0.29) is 5.75 Å². The number of aryl methyl sites for hydroxylation is 2. The van der Waals surface area contributed by atoms with Crippen LogP contribution in [-0.2, 0) is 10.0 Å².